The van der Waals surface area contributed by atoms with Gasteiger partial charge in [0.2, 0.25) is 5.91 Å². The Morgan fingerprint density at radius 3 is 2.86 bits per heavy atom. The van der Waals surface area contributed by atoms with Crippen molar-refractivity contribution in [1.29, 1.82) is 0 Å². The zero-order valence-corrected chi connectivity index (χ0v) is 8.42. The molecule has 1 aliphatic carbocycles. The molecule has 14 heavy (non-hydrogen) atoms. The maximum atomic E-state index is 10.8. The molecule has 2 rings (SSSR count). The molecule has 1 aromatic rings. The zero-order valence-electron chi connectivity index (χ0n) is 8.42. The van der Waals surface area contributed by atoms with E-state index in [2.05, 4.69) is 19.1 Å². The first kappa shape index (κ1) is 9.25. The number of hydrogen-bond acceptors (Lipinski definition) is 1. The van der Waals surface area contributed by atoms with Crippen molar-refractivity contribution in [1.82, 2.24) is 0 Å². The Balaban J connectivity index is 2.24. The van der Waals surface area contributed by atoms with Crippen LogP contribution in [-0.4, -0.2) is 5.91 Å². The van der Waals surface area contributed by atoms with E-state index in [1.54, 1.807) is 0 Å². The average Bonchev–Trinajstić information content (AvgIpc) is 2.42. The van der Waals surface area contributed by atoms with E-state index in [-0.39, 0.29) is 5.91 Å². The maximum absolute atomic E-state index is 10.8. The normalized spacial score (nSPS) is 19.4. The summed E-state index contributed by atoms with van der Waals surface area (Å²) in [5.41, 5.74) is 9.04. The van der Waals surface area contributed by atoms with Crippen molar-refractivity contribution in [3.63, 3.8) is 0 Å². The largest absolute Gasteiger partial charge is 0.369 e. The number of fused-ring (bicyclic) bond motifs is 1. The highest BCUT2D eigenvalue weighted by atomic mass is 16.1. The summed E-state index contributed by atoms with van der Waals surface area (Å²) in [7, 11) is 0. The average molecular weight is 189 g/mol. The lowest BCUT2D eigenvalue weighted by Crippen LogP contribution is -2.13. The summed E-state index contributed by atoms with van der Waals surface area (Å²) in [5.74, 6) is 0.491. The van der Waals surface area contributed by atoms with E-state index >= 15 is 0 Å². The van der Waals surface area contributed by atoms with Crippen LogP contribution in [0.2, 0.25) is 0 Å². The summed E-state index contributed by atoms with van der Waals surface area (Å²) in [6.07, 6.45) is 2.68. The molecule has 0 spiro atoms. The van der Waals surface area contributed by atoms with Crippen LogP contribution in [0, 0.1) is 5.92 Å². The Kier molecular flexibility index (Phi) is 2.28. The molecule has 0 saturated heterocycles. The molecule has 0 aromatic heterocycles. The molecule has 1 aliphatic rings. The highest BCUT2D eigenvalue weighted by molar-refractivity contribution is 5.76. The molecule has 0 heterocycles. The van der Waals surface area contributed by atoms with E-state index in [0.717, 1.165) is 17.9 Å². The molecule has 1 atom stereocenters. The molecule has 2 heteroatoms. The fourth-order valence-corrected chi connectivity index (χ4v) is 2.20. The Bertz CT molecular complexity index is 371. The molecule has 74 valence electrons. The van der Waals surface area contributed by atoms with Gasteiger partial charge in [0.05, 0.1) is 6.42 Å². The first-order valence-electron chi connectivity index (χ1n) is 5.04. The lowest BCUT2D eigenvalue weighted by Gasteiger charge is -2.02. The lowest BCUT2D eigenvalue weighted by atomic mass is 10.0. The van der Waals surface area contributed by atoms with Gasteiger partial charge in [-0.3, -0.25) is 4.79 Å². The van der Waals surface area contributed by atoms with Gasteiger partial charge in [-0.25, -0.2) is 0 Å². The van der Waals surface area contributed by atoms with Crippen LogP contribution in [-0.2, 0) is 24.1 Å². The molecular weight excluding hydrogens is 174 g/mol. The van der Waals surface area contributed by atoms with Gasteiger partial charge in [0.15, 0.2) is 0 Å². The smallest absolute Gasteiger partial charge is 0.221 e. The van der Waals surface area contributed by atoms with Crippen LogP contribution in [0.1, 0.15) is 23.6 Å². The quantitative estimate of drug-likeness (QED) is 0.751. The van der Waals surface area contributed by atoms with Crippen molar-refractivity contribution in [3.05, 3.63) is 34.9 Å². The zero-order chi connectivity index (χ0) is 10.1. The van der Waals surface area contributed by atoms with Crippen LogP contribution in [0.5, 0.6) is 0 Å². The van der Waals surface area contributed by atoms with Gasteiger partial charge in [-0.1, -0.05) is 25.1 Å². The minimum Gasteiger partial charge on any atom is -0.369 e. The van der Waals surface area contributed by atoms with Crippen LogP contribution in [0.15, 0.2) is 18.2 Å². The van der Waals surface area contributed by atoms with E-state index in [9.17, 15) is 4.79 Å². The number of amides is 1. The van der Waals surface area contributed by atoms with Crippen molar-refractivity contribution >= 4 is 5.91 Å². The molecule has 2 nitrogen and oxygen atoms in total. The van der Waals surface area contributed by atoms with Gasteiger partial charge >= 0.3 is 0 Å². The highest BCUT2D eigenvalue weighted by Crippen LogP contribution is 2.27. The first-order valence-corrected chi connectivity index (χ1v) is 5.04. The summed E-state index contributed by atoms with van der Waals surface area (Å²) >= 11 is 0. The van der Waals surface area contributed by atoms with E-state index in [4.69, 9.17) is 5.73 Å². The van der Waals surface area contributed by atoms with Crippen LogP contribution in [0.4, 0.5) is 0 Å². The van der Waals surface area contributed by atoms with Crippen molar-refractivity contribution < 1.29 is 4.79 Å². The molecule has 0 bridgehead atoms. The van der Waals surface area contributed by atoms with Gasteiger partial charge in [-0.15, -0.1) is 0 Å². The minimum atomic E-state index is -0.254. The van der Waals surface area contributed by atoms with E-state index in [1.165, 1.54) is 17.5 Å². The van der Waals surface area contributed by atoms with Crippen molar-refractivity contribution in [2.45, 2.75) is 26.2 Å². The number of rotatable bonds is 2. The fraction of sp³-hybridized carbons (Fsp3) is 0.417. The van der Waals surface area contributed by atoms with Crippen molar-refractivity contribution in [3.8, 4) is 0 Å². The van der Waals surface area contributed by atoms with Gasteiger partial charge < -0.3 is 5.73 Å². The Hall–Kier alpha value is -1.31. The van der Waals surface area contributed by atoms with Crippen LogP contribution in [0.3, 0.4) is 0 Å². The lowest BCUT2D eigenvalue weighted by molar-refractivity contribution is -0.117. The van der Waals surface area contributed by atoms with Gasteiger partial charge in [0, 0.05) is 0 Å². The minimum absolute atomic E-state index is 0.254. The predicted octanol–water partition coefficient (Wildman–Crippen LogP) is 1.45. The highest BCUT2D eigenvalue weighted by Gasteiger charge is 2.17. The van der Waals surface area contributed by atoms with E-state index in [0.29, 0.717) is 6.42 Å². The molecule has 1 unspecified atom stereocenters. The topological polar surface area (TPSA) is 43.1 Å². The summed E-state index contributed by atoms with van der Waals surface area (Å²) in [5, 5.41) is 0. The summed E-state index contributed by atoms with van der Waals surface area (Å²) in [6.45, 7) is 2.26. The predicted molar refractivity (Wildman–Crippen MR) is 55.9 cm³/mol. The summed E-state index contributed by atoms with van der Waals surface area (Å²) < 4.78 is 0. The maximum Gasteiger partial charge on any atom is 0.221 e. The standard InChI is InChI=1S/C12H15NO/c1-8-4-10-3-2-9(7-12(13)14)6-11(10)5-8/h2-3,6,8H,4-5,7H2,1H3,(H2,13,14). The second kappa shape index (κ2) is 3.45. The number of benzene rings is 1. The monoisotopic (exact) mass is 189 g/mol. The molecule has 0 fully saturated rings. The van der Waals surface area contributed by atoms with Gasteiger partial charge in [0.25, 0.3) is 0 Å². The van der Waals surface area contributed by atoms with Crippen LogP contribution < -0.4 is 5.73 Å². The van der Waals surface area contributed by atoms with Crippen molar-refractivity contribution in [2.75, 3.05) is 0 Å². The molecule has 1 aromatic carbocycles. The van der Waals surface area contributed by atoms with Gasteiger partial charge in [0.1, 0.15) is 0 Å². The molecule has 1 amide bonds. The Morgan fingerprint density at radius 2 is 2.14 bits per heavy atom. The fourth-order valence-electron chi connectivity index (χ4n) is 2.20. The van der Waals surface area contributed by atoms with Crippen LogP contribution in [0.25, 0.3) is 0 Å². The third kappa shape index (κ3) is 1.79. The molecule has 0 aliphatic heterocycles. The second-order valence-corrected chi connectivity index (χ2v) is 4.26. The summed E-state index contributed by atoms with van der Waals surface area (Å²) in [6, 6.07) is 6.28. The Morgan fingerprint density at radius 1 is 1.43 bits per heavy atom. The SMILES string of the molecule is CC1Cc2ccc(CC(N)=O)cc2C1. The molecular formula is C12H15NO. The molecule has 0 saturated carbocycles. The number of nitrogens with two attached hydrogens (primary N) is 1. The Labute approximate surface area is 84.1 Å². The van der Waals surface area contributed by atoms with Crippen molar-refractivity contribution in [2.24, 2.45) is 11.7 Å². The third-order valence-corrected chi connectivity index (χ3v) is 2.79. The van der Waals surface area contributed by atoms with Gasteiger partial charge in [-0.05, 0) is 35.4 Å². The van der Waals surface area contributed by atoms with E-state index < -0.39 is 0 Å². The van der Waals surface area contributed by atoms with E-state index in [1.807, 2.05) is 6.07 Å². The number of primary amides is 1. The van der Waals surface area contributed by atoms with Crippen LogP contribution >= 0.6 is 0 Å². The third-order valence-electron chi connectivity index (χ3n) is 2.79. The summed E-state index contributed by atoms with van der Waals surface area (Å²) in [4.78, 5) is 10.8. The molecule has 2 N–H and O–H groups in total. The number of carbonyl (C=O) groups excluding carboxylic acids is 1. The first-order chi connectivity index (χ1) is 6.65. The number of hydrogen-bond donors (Lipinski definition) is 1. The van der Waals surface area contributed by atoms with Gasteiger partial charge in [-0.2, -0.15) is 0 Å². The second-order valence-electron chi connectivity index (χ2n) is 4.26. The molecule has 0 radical (unpaired) electrons. The number of carbonyl (C=O) groups is 1.